The summed E-state index contributed by atoms with van der Waals surface area (Å²) in [5.41, 5.74) is 1.62. The van der Waals surface area contributed by atoms with Gasteiger partial charge >= 0.3 is 6.03 Å². The van der Waals surface area contributed by atoms with Gasteiger partial charge in [-0.05, 0) is 62.9 Å². The molecule has 1 saturated heterocycles. The van der Waals surface area contributed by atoms with Gasteiger partial charge in [-0.25, -0.2) is 4.79 Å². The number of urea groups is 1. The van der Waals surface area contributed by atoms with Gasteiger partial charge in [0, 0.05) is 54.3 Å². The lowest BCUT2D eigenvalue weighted by atomic mass is 9.84. The lowest BCUT2D eigenvalue weighted by Gasteiger charge is -2.37. The number of halogens is 1. The van der Waals surface area contributed by atoms with E-state index >= 15 is 0 Å². The standard InChI is InChI=1S/C21H33ClN4O/c1-16-4-3-5-19(20(16)22)26-14-12-25(13-15-26)11-10-17-6-8-18(9-7-17)24-21(27)23-2/h3-5,17-18H,6-15H2,1-2H3,(H2,23,24,27)/i6D2,7D2,8D2,9D2,11D2,17D,18D. The molecule has 2 fully saturated rings. The Labute approximate surface area is 185 Å². The quantitative estimate of drug-likeness (QED) is 0.787. The van der Waals surface area contributed by atoms with Gasteiger partial charge in [0.2, 0.25) is 0 Å². The van der Waals surface area contributed by atoms with Crippen LogP contribution in [0, 0.1) is 12.8 Å². The molecule has 0 aromatic heterocycles. The molecule has 0 bridgehead atoms. The molecule has 150 valence electrons. The van der Waals surface area contributed by atoms with Gasteiger partial charge in [-0.1, -0.05) is 23.7 Å². The first-order valence-corrected chi connectivity index (χ1v) is 9.18. The molecule has 1 aliphatic carbocycles. The Morgan fingerprint density at radius 2 is 2.00 bits per heavy atom. The molecule has 5 nitrogen and oxygen atoms in total. The molecule has 3 rings (SSSR count). The number of anilines is 1. The molecule has 0 spiro atoms. The van der Waals surface area contributed by atoms with E-state index in [1.807, 2.05) is 35.3 Å². The largest absolute Gasteiger partial charge is 0.368 e. The van der Waals surface area contributed by atoms with Crippen molar-refractivity contribution < 1.29 is 21.2 Å². The number of nitrogens with zero attached hydrogens (tertiary/aromatic N) is 2. The van der Waals surface area contributed by atoms with Crippen molar-refractivity contribution in [2.24, 2.45) is 5.89 Å². The van der Waals surface area contributed by atoms with Crippen LogP contribution in [0.25, 0.3) is 0 Å². The smallest absolute Gasteiger partial charge is 0.314 e. The van der Waals surface area contributed by atoms with Crippen molar-refractivity contribution in [3.05, 3.63) is 28.8 Å². The van der Waals surface area contributed by atoms with Gasteiger partial charge in [0.25, 0.3) is 0 Å². The molecular weight excluding hydrogens is 360 g/mol. The number of carbonyl (C=O) groups excluding carboxylic acids is 1. The van der Waals surface area contributed by atoms with E-state index in [2.05, 4.69) is 0 Å². The second kappa shape index (κ2) is 9.65. The summed E-state index contributed by atoms with van der Waals surface area (Å²) in [6.07, 6.45) is -15.9. The lowest BCUT2D eigenvalue weighted by molar-refractivity contribution is 0.206. The Morgan fingerprint density at radius 3 is 2.67 bits per heavy atom. The maximum absolute atomic E-state index is 12.0. The number of nitrogens with one attached hydrogen (secondary N) is 2. The van der Waals surface area contributed by atoms with E-state index in [1.54, 1.807) is 5.32 Å². The molecule has 1 heterocycles. The van der Waals surface area contributed by atoms with E-state index in [1.165, 1.54) is 4.90 Å². The molecule has 0 unspecified atom stereocenters. The van der Waals surface area contributed by atoms with E-state index in [4.69, 9.17) is 28.1 Å². The third-order valence-corrected chi connectivity index (χ3v) is 4.91. The summed E-state index contributed by atoms with van der Waals surface area (Å²) < 4.78 is 103. The summed E-state index contributed by atoms with van der Waals surface area (Å²) in [5.74, 6) is -3.36. The van der Waals surface area contributed by atoms with E-state index in [0.717, 1.165) is 18.3 Å². The highest BCUT2D eigenvalue weighted by Crippen LogP contribution is 2.30. The van der Waals surface area contributed by atoms with Crippen molar-refractivity contribution in [3.63, 3.8) is 0 Å². The van der Waals surface area contributed by atoms with Crippen LogP contribution in [-0.4, -0.2) is 56.7 Å². The summed E-state index contributed by atoms with van der Waals surface area (Å²) in [6, 6.07) is 0.764. The minimum absolute atomic E-state index is 0.0831. The Morgan fingerprint density at radius 1 is 1.30 bits per heavy atom. The minimum Gasteiger partial charge on any atom is -0.368 e. The minimum atomic E-state index is -3.67. The highest BCUT2D eigenvalue weighted by Gasteiger charge is 2.24. The SMILES string of the molecule is [2H]C([2H])(CC1([2H])C([2H])([2H])C([2H])([2H])C([2H])(NC(=O)NC)C([2H])([2H])C1([2H])[2H])N1CCN(c2cccc(C)c2Cl)CC1. The number of piperazine rings is 1. The fourth-order valence-electron chi connectivity index (χ4n) is 2.84. The normalized spacial score (nSPS) is 43.9. The molecule has 1 aliphatic heterocycles. The first-order valence-electron chi connectivity index (χ1n) is 14.8. The van der Waals surface area contributed by atoms with Crippen LogP contribution >= 0.6 is 11.6 Å². The fourth-order valence-corrected chi connectivity index (χ4v) is 3.08. The molecule has 27 heavy (non-hydrogen) atoms. The number of benzene rings is 1. The number of amides is 2. The van der Waals surface area contributed by atoms with Crippen LogP contribution in [0.5, 0.6) is 0 Å². The van der Waals surface area contributed by atoms with Gasteiger partial charge in [0.1, 0.15) is 0 Å². The molecule has 1 saturated carbocycles. The second-order valence-corrected chi connectivity index (χ2v) is 6.65. The number of carbonyl (C=O) groups is 1. The third kappa shape index (κ3) is 5.52. The Kier molecular flexibility index (Phi) is 3.52. The fraction of sp³-hybridized carbons (Fsp3) is 0.667. The van der Waals surface area contributed by atoms with Crippen LogP contribution < -0.4 is 15.5 Å². The van der Waals surface area contributed by atoms with Gasteiger partial charge in [-0.15, -0.1) is 0 Å². The Balaban J connectivity index is 1.96. The monoisotopic (exact) mass is 404 g/mol. The van der Waals surface area contributed by atoms with E-state index in [-0.39, 0.29) is 13.1 Å². The summed E-state index contributed by atoms with van der Waals surface area (Å²) in [6.45, 7) is 0.0718. The molecule has 0 radical (unpaired) electrons. The number of rotatable bonds is 5. The number of aryl methyl sites for hydroxylation is 1. The van der Waals surface area contributed by atoms with Crippen molar-refractivity contribution in [1.29, 1.82) is 0 Å². The van der Waals surface area contributed by atoms with E-state index in [9.17, 15) is 4.79 Å². The van der Waals surface area contributed by atoms with Crippen molar-refractivity contribution in [3.8, 4) is 0 Å². The number of hydrogen-bond donors (Lipinski definition) is 2. The highest BCUT2D eigenvalue weighted by molar-refractivity contribution is 6.34. The van der Waals surface area contributed by atoms with Crippen LogP contribution in [0.2, 0.25) is 5.02 Å². The Bertz CT molecular complexity index is 1080. The molecule has 0 atom stereocenters. The lowest BCUT2D eigenvalue weighted by Crippen LogP contribution is -2.47. The molecular formula is C21H33ClN4O. The Hall–Kier alpha value is -1.46. The maximum atomic E-state index is 12.0. The van der Waals surface area contributed by atoms with Crippen molar-refractivity contribution >= 4 is 23.3 Å². The zero-order valence-corrected chi connectivity index (χ0v) is 16.2. The zero-order valence-electron chi connectivity index (χ0n) is 27.4. The average molecular weight is 405 g/mol. The second-order valence-electron chi connectivity index (χ2n) is 6.27. The van der Waals surface area contributed by atoms with Crippen molar-refractivity contribution in [2.75, 3.05) is 44.6 Å². The van der Waals surface area contributed by atoms with Crippen LogP contribution in [0.1, 0.15) is 53.9 Å². The maximum Gasteiger partial charge on any atom is 0.314 e. The van der Waals surface area contributed by atoms with Gasteiger partial charge < -0.3 is 15.5 Å². The molecule has 1 aromatic carbocycles. The number of hydrogen-bond acceptors (Lipinski definition) is 3. The van der Waals surface area contributed by atoms with Gasteiger partial charge in [0.15, 0.2) is 0 Å². The van der Waals surface area contributed by atoms with Crippen LogP contribution in [-0.2, 0) is 0 Å². The molecule has 6 heteroatoms. The summed E-state index contributed by atoms with van der Waals surface area (Å²) >= 11 is 6.43. The van der Waals surface area contributed by atoms with E-state index < -0.39 is 56.4 Å². The predicted molar refractivity (Wildman–Crippen MR) is 113 cm³/mol. The summed E-state index contributed by atoms with van der Waals surface area (Å²) in [7, 11) is 1.10. The molecule has 1 aromatic rings. The highest BCUT2D eigenvalue weighted by atomic mass is 35.5. The van der Waals surface area contributed by atoms with Crippen LogP contribution in [0.15, 0.2) is 18.2 Å². The van der Waals surface area contributed by atoms with Gasteiger partial charge in [-0.2, -0.15) is 0 Å². The molecule has 2 aliphatic rings. The molecule has 2 N–H and O–H groups in total. The van der Waals surface area contributed by atoms with Crippen LogP contribution in [0.4, 0.5) is 10.5 Å². The zero-order chi connectivity index (χ0) is 30.0. The predicted octanol–water partition coefficient (Wildman–Crippen LogP) is 3.65. The van der Waals surface area contributed by atoms with Crippen LogP contribution in [0.3, 0.4) is 0 Å². The first-order chi connectivity index (χ1) is 17.6. The third-order valence-electron chi connectivity index (χ3n) is 4.41. The van der Waals surface area contributed by atoms with Gasteiger partial charge in [0.05, 0.1) is 12.1 Å². The van der Waals surface area contributed by atoms with E-state index in [0.29, 0.717) is 18.1 Å². The summed E-state index contributed by atoms with van der Waals surface area (Å²) in [5, 5.41) is 4.28. The molecule has 2 amide bonds. The topological polar surface area (TPSA) is 47.6 Å². The summed E-state index contributed by atoms with van der Waals surface area (Å²) in [4.78, 5) is 15.2. The van der Waals surface area contributed by atoms with Gasteiger partial charge in [-0.3, -0.25) is 4.90 Å². The average Bonchev–Trinajstić information content (AvgIpc) is 2.84. The van der Waals surface area contributed by atoms with Crippen molar-refractivity contribution in [2.45, 2.75) is 44.9 Å². The first kappa shape index (κ1) is 9.84. The van der Waals surface area contributed by atoms with Crippen molar-refractivity contribution in [1.82, 2.24) is 15.5 Å².